The van der Waals surface area contributed by atoms with E-state index in [1.54, 1.807) is 47.9 Å². The molecule has 0 spiro atoms. The van der Waals surface area contributed by atoms with Gasteiger partial charge in [-0.25, -0.2) is 4.98 Å². The third-order valence-corrected chi connectivity index (χ3v) is 5.24. The minimum atomic E-state index is -0.197. The van der Waals surface area contributed by atoms with Crippen LogP contribution in [0.5, 0.6) is 5.75 Å². The number of phenols is 1. The van der Waals surface area contributed by atoms with Crippen molar-refractivity contribution < 1.29 is 5.11 Å². The summed E-state index contributed by atoms with van der Waals surface area (Å²) in [6.07, 6.45) is 0.643. The number of hydrogen-bond acceptors (Lipinski definition) is 4. The molecule has 31 heavy (non-hydrogen) atoms. The summed E-state index contributed by atoms with van der Waals surface area (Å²) in [5.74, 6) is 0.498. The van der Waals surface area contributed by atoms with Crippen LogP contribution >= 0.6 is 0 Å². The summed E-state index contributed by atoms with van der Waals surface area (Å²) in [6.45, 7) is 2.19. The zero-order valence-corrected chi connectivity index (χ0v) is 17.1. The predicted molar refractivity (Wildman–Crippen MR) is 121 cm³/mol. The van der Waals surface area contributed by atoms with Crippen molar-refractivity contribution in [3.8, 4) is 34.3 Å². The second-order valence-corrected chi connectivity index (χ2v) is 7.30. The molecule has 5 heteroatoms. The van der Waals surface area contributed by atoms with Crippen LogP contribution in [0.4, 0.5) is 0 Å². The lowest BCUT2D eigenvalue weighted by Crippen LogP contribution is -2.27. The van der Waals surface area contributed by atoms with Gasteiger partial charge in [-0.1, -0.05) is 54.6 Å². The summed E-state index contributed by atoms with van der Waals surface area (Å²) < 4.78 is 1.61. The Labute approximate surface area is 180 Å². The van der Waals surface area contributed by atoms with Crippen molar-refractivity contribution in [1.29, 1.82) is 5.26 Å². The van der Waals surface area contributed by atoms with Crippen LogP contribution in [0.1, 0.15) is 16.8 Å². The fourth-order valence-electron chi connectivity index (χ4n) is 3.70. The molecule has 5 nitrogen and oxygen atoms in total. The van der Waals surface area contributed by atoms with Crippen LogP contribution in [-0.4, -0.2) is 14.7 Å². The number of aromatic hydroxyl groups is 1. The largest absolute Gasteiger partial charge is 0.507 e. The average molecular weight is 407 g/mol. The van der Waals surface area contributed by atoms with Crippen molar-refractivity contribution in [3.05, 3.63) is 106 Å². The number of rotatable bonds is 5. The molecule has 4 rings (SSSR count). The van der Waals surface area contributed by atoms with Crippen LogP contribution in [0.3, 0.4) is 0 Å². The monoisotopic (exact) mass is 407 g/mol. The Balaban J connectivity index is 1.90. The van der Waals surface area contributed by atoms with Crippen LogP contribution in [0.25, 0.3) is 22.5 Å². The summed E-state index contributed by atoms with van der Waals surface area (Å²) in [5.41, 5.74) is 3.57. The van der Waals surface area contributed by atoms with Crippen LogP contribution in [0.2, 0.25) is 0 Å². The van der Waals surface area contributed by atoms with Gasteiger partial charge in [0, 0.05) is 6.54 Å². The maximum atomic E-state index is 13.7. The fourth-order valence-corrected chi connectivity index (χ4v) is 3.70. The van der Waals surface area contributed by atoms with Crippen molar-refractivity contribution in [1.82, 2.24) is 9.55 Å². The molecule has 0 saturated heterocycles. The molecule has 0 atom stereocenters. The summed E-state index contributed by atoms with van der Waals surface area (Å²) in [4.78, 5) is 18.4. The highest BCUT2D eigenvalue weighted by Gasteiger charge is 2.19. The molecule has 0 unspecified atom stereocenters. The summed E-state index contributed by atoms with van der Waals surface area (Å²) >= 11 is 0. The van der Waals surface area contributed by atoms with Crippen LogP contribution in [0, 0.1) is 18.3 Å². The minimum Gasteiger partial charge on any atom is -0.507 e. The molecule has 1 aromatic heterocycles. The first-order valence-electron chi connectivity index (χ1n) is 10.0. The zero-order chi connectivity index (χ0) is 21.8. The molecule has 0 fully saturated rings. The number of aromatic nitrogens is 2. The first kappa shape index (κ1) is 20.1. The van der Waals surface area contributed by atoms with Gasteiger partial charge >= 0.3 is 0 Å². The van der Waals surface area contributed by atoms with Crippen molar-refractivity contribution in [2.24, 2.45) is 0 Å². The smallest absolute Gasteiger partial charge is 0.261 e. The Kier molecular flexibility index (Phi) is 5.63. The number of benzene rings is 3. The molecular weight excluding hydrogens is 386 g/mol. The third-order valence-electron chi connectivity index (χ3n) is 5.24. The van der Waals surface area contributed by atoms with Crippen LogP contribution in [-0.2, 0) is 13.0 Å². The van der Waals surface area contributed by atoms with E-state index in [1.807, 2.05) is 42.5 Å². The molecule has 0 amide bonds. The molecule has 4 aromatic rings. The number of phenolic OH excluding ortho intramolecular Hbond substituents is 1. The van der Waals surface area contributed by atoms with Gasteiger partial charge in [-0.2, -0.15) is 5.26 Å². The normalized spacial score (nSPS) is 10.6. The van der Waals surface area contributed by atoms with Gasteiger partial charge in [-0.05, 0) is 48.7 Å². The predicted octanol–water partition coefficient (Wildman–Crippen LogP) is 4.71. The summed E-state index contributed by atoms with van der Waals surface area (Å²) in [7, 11) is 0. The van der Waals surface area contributed by atoms with E-state index in [-0.39, 0.29) is 11.3 Å². The van der Waals surface area contributed by atoms with Crippen molar-refractivity contribution in [3.63, 3.8) is 0 Å². The number of nitrogens with zero attached hydrogens (tertiary/aromatic N) is 3. The van der Waals surface area contributed by atoms with Gasteiger partial charge < -0.3 is 5.11 Å². The Morgan fingerprint density at radius 3 is 2.48 bits per heavy atom. The van der Waals surface area contributed by atoms with Crippen molar-refractivity contribution >= 4 is 0 Å². The topological polar surface area (TPSA) is 78.9 Å². The van der Waals surface area contributed by atoms with E-state index in [2.05, 4.69) is 6.07 Å². The third kappa shape index (κ3) is 4.10. The lowest BCUT2D eigenvalue weighted by atomic mass is 10.0. The van der Waals surface area contributed by atoms with E-state index in [0.29, 0.717) is 46.7 Å². The highest BCUT2D eigenvalue weighted by atomic mass is 16.3. The van der Waals surface area contributed by atoms with Gasteiger partial charge in [0.25, 0.3) is 5.56 Å². The van der Waals surface area contributed by atoms with Gasteiger partial charge in [0.05, 0.1) is 28.5 Å². The molecule has 0 bridgehead atoms. The molecule has 0 aliphatic rings. The molecule has 0 aliphatic heterocycles. The first-order valence-corrected chi connectivity index (χ1v) is 10.0. The number of nitriles is 1. The first-order chi connectivity index (χ1) is 15.1. The van der Waals surface area contributed by atoms with E-state index in [1.165, 1.54) is 0 Å². The number of aryl methyl sites for hydroxylation is 2. The van der Waals surface area contributed by atoms with Gasteiger partial charge in [0.1, 0.15) is 11.6 Å². The molecular formula is C26H21N3O2. The molecule has 0 saturated carbocycles. The van der Waals surface area contributed by atoms with Crippen molar-refractivity contribution in [2.75, 3.05) is 0 Å². The summed E-state index contributed by atoms with van der Waals surface area (Å²) in [6, 6.07) is 25.9. The molecule has 0 aliphatic carbocycles. The summed E-state index contributed by atoms with van der Waals surface area (Å²) in [5, 5.41) is 19.7. The highest BCUT2D eigenvalue weighted by Crippen LogP contribution is 2.29. The lowest BCUT2D eigenvalue weighted by molar-refractivity contribution is 0.476. The number of para-hydroxylation sites is 1. The van der Waals surface area contributed by atoms with Crippen molar-refractivity contribution in [2.45, 2.75) is 19.9 Å². The zero-order valence-electron chi connectivity index (χ0n) is 17.1. The highest BCUT2D eigenvalue weighted by molar-refractivity contribution is 5.70. The lowest BCUT2D eigenvalue weighted by Gasteiger charge is -2.17. The Bertz CT molecular complexity index is 1340. The van der Waals surface area contributed by atoms with Crippen LogP contribution in [0.15, 0.2) is 83.7 Å². The fraction of sp³-hybridized carbons (Fsp3) is 0.115. The second-order valence-electron chi connectivity index (χ2n) is 7.30. The second kappa shape index (κ2) is 8.68. The van der Waals surface area contributed by atoms with Crippen LogP contribution < -0.4 is 5.56 Å². The maximum Gasteiger partial charge on any atom is 0.261 e. The van der Waals surface area contributed by atoms with E-state index in [0.717, 1.165) is 5.56 Å². The molecule has 1 N–H and O–H groups in total. The molecule has 152 valence electrons. The van der Waals surface area contributed by atoms with E-state index in [9.17, 15) is 15.2 Å². The molecule has 1 heterocycles. The van der Waals surface area contributed by atoms with E-state index >= 15 is 0 Å². The standard InChI is InChI=1S/C26H21N3O2/c1-18-24(21-11-7-10-20(16-21)17-27)26(31)29(15-14-19-8-3-2-4-9-19)25(28-18)22-12-5-6-13-23(22)30/h2-13,16,30H,14-15H2,1H3. The number of hydrogen-bond donors (Lipinski definition) is 1. The average Bonchev–Trinajstić information content (AvgIpc) is 2.79. The van der Waals surface area contributed by atoms with Gasteiger partial charge in [0.15, 0.2) is 0 Å². The van der Waals surface area contributed by atoms with Gasteiger partial charge in [-0.3, -0.25) is 9.36 Å². The minimum absolute atomic E-state index is 0.0708. The molecule has 0 radical (unpaired) electrons. The van der Waals surface area contributed by atoms with E-state index < -0.39 is 0 Å². The molecule has 3 aromatic carbocycles. The van der Waals surface area contributed by atoms with E-state index in [4.69, 9.17) is 4.98 Å². The SMILES string of the molecule is Cc1nc(-c2ccccc2O)n(CCc2ccccc2)c(=O)c1-c1cccc(C#N)c1. The Morgan fingerprint density at radius 1 is 1.00 bits per heavy atom. The maximum absolute atomic E-state index is 13.7. The quantitative estimate of drug-likeness (QED) is 0.520. The van der Waals surface area contributed by atoms with Gasteiger partial charge in [0.2, 0.25) is 0 Å². The Morgan fingerprint density at radius 2 is 1.74 bits per heavy atom. The van der Waals surface area contributed by atoms with Gasteiger partial charge in [-0.15, -0.1) is 0 Å². The Hall–Kier alpha value is -4.17.